The van der Waals surface area contributed by atoms with E-state index in [-0.39, 0.29) is 5.82 Å². The molecule has 76 valence electrons. The molecule has 0 amide bonds. The van der Waals surface area contributed by atoms with Crippen LogP contribution in [0.1, 0.15) is 12.8 Å². The van der Waals surface area contributed by atoms with Crippen LogP contribution in [0.4, 0.5) is 15.8 Å². The molecule has 0 saturated carbocycles. The molecule has 1 aromatic carbocycles. The van der Waals surface area contributed by atoms with Crippen molar-refractivity contribution in [2.75, 3.05) is 30.4 Å². The molecule has 2 rings (SSSR count). The third-order valence-corrected chi connectivity index (χ3v) is 2.67. The minimum Gasteiger partial charge on any atom is -0.386 e. The molecule has 0 atom stereocenters. The van der Waals surface area contributed by atoms with Crippen LogP contribution < -0.4 is 10.2 Å². The van der Waals surface area contributed by atoms with Crippen molar-refractivity contribution >= 4 is 11.4 Å². The highest BCUT2D eigenvalue weighted by Gasteiger charge is 2.15. The Bertz CT molecular complexity index is 319. The lowest BCUT2D eigenvalue weighted by molar-refractivity contribution is 0.628. The van der Waals surface area contributed by atoms with E-state index in [9.17, 15) is 4.39 Å². The molecule has 14 heavy (non-hydrogen) atoms. The van der Waals surface area contributed by atoms with Gasteiger partial charge in [0.15, 0.2) is 0 Å². The first-order valence-electron chi connectivity index (χ1n) is 5.03. The third-order valence-electron chi connectivity index (χ3n) is 2.67. The maximum atomic E-state index is 13.0. The van der Waals surface area contributed by atoms with Gasteiger partial charge in [-0.25, -0.2) is 4.39 Å². The molecule has 0 bridgehead atoms. The van der Waals surface area contributed by atoms with Gasteiger partial charge in [-0.15, -0.1) is 0 Å². The van der Waals surface area contributed by atoms with Gasteiger partial charge in [0, 0.05) is 20.1 Å². The minimum atomic E-state index is -0.183. The van der Waals surface area contributed by atoms with Gasteiger partial charge in [-0.3, -0.25) is 0 Å². The number of hydrogen-bond acceptors (Lipinski definition) is 2. The first kappa shape index (κ1) is 9.31. The highest BCUT2D eigenvalue weighted by molar-refractivity contribution is 5.70. The Kier molecular flexibility index (Phi) is 2.57. The molecule has 1 aliphatic rings. The van der Waals surface area contributed by atoms with E-state index < -0.39 is 0 Å². The van der Waals surface area contributed by atoms with Gasteiger partial charge in [0.2, 0.25) is 0 Å². The molecule has 1 aromatic rings. The Morgan fingerprint density at radius 3 is 2.64 bits per heavy atom. The Morgan fingerprint density at radius 2 is 2.00 bits per heavy atom. The third kappa shape index (κ3) is 1.67. The maximum absolute atomic E-state index is 13.0. The van der Waals surface area contributed by atoms with Crippen molar-refractivity contribution in [2.24, 2.45) is 0 Å². The molecule has 0 spiro atoms. The molecular formula is C11H15FN2. The largest absolute Gasteiger partial charge is 0.386 e. The fourth-order valence-corrected chi connectivity index (χ4v) is 1.94. The predicted octanol–water partition coefficient (Wildman–Crippen LogP) is 2.47. The van der Waals surface area contributed by atoms with E-state index in [0.29, 0.717) is 0 Å². The Morgan fingerprint density at radius 1 is 1.29 bits per heavy atom. The summed E-state index contributed by atoms with van der Waals surface area (Å²) in [4.78, 5) is 2.30. The summed E-state index contributed by atoms with van der Waals surface area (Å²) in [6.07, 6.45) is 2.47. The lowest BCUT2D eigenvalue weighted by Gasteiger charge is -2.21. The number of benzene rings is 1. The summed E-state index contributed by atoms with van der Waals surface area (Å²) >= 11 is 0. The van der Waals surface area contributed by atoms with Crippen LogP contribution in [-0.4, -0.2) is 20.1 Å². The highest BCUT2D eigenvalue weighted by Crippen LogP contribution is 2.29. The van der Waals surface area contributed by atoms with Crippen LogP contribution in [0.25, 0.3) is 0 Å². The van der Waals surface area contributed by atoms with Gasteiger partial charge in [-0.1, -0.05) is 0 Å². The predicted molar refractivity (Wildman–Crippen MR) is 57.4 cm³/mol. The van der Waals surface area contributed by atoms with Crippen LogP contribution in [0.2, 0.25) is 0 Å². The SMILES string of the molecule is CNc1cc(F)ccc1N1CCCC1. The molecule has 3 heteroatoms. The van der Waals surface area contributed by atoms with Gasteiger partial charge in [-0.2, -0.15) is 0 Å². The summed E-state index contributed by atoms with van der Waals surface area (Å²) in [5.74, 6) is -0.183. The van der Waals surface area contributed by atoms with Crippen molar-refractivity contribution in [1.82, 2.24) is 0 Å². The van der Waals surface area contributed by atoms with Crippen LogP contribution in [0.5, 0.6) is 0 Å². The van der Waals surface area contributed by atoms with E-state index in [1.54, 1.807) is 6.07 Å². The van der Waals surface area contributed by atoms with Gasteiger partial charge in [0.1, 0.15) is 5.82 Å². The van der Waals surface area contributed by atoms with E-state index in [2.05, 4.69) is 10.2 Å². The van der Waals surface area contributed by atoms with Crippen molar-refractivity contribution < 1.29 is 4.39 Å². The highest BCUT2D eigenvalue weighted by atomic mass is 19.1. The van der Waals surface area contributed by atoms with Gasteiger partial charge < -0.3 is 10.2 Å². The lowest BCUT2D eigenvalue weighted by atomic mass is 10.2. The second-order valence-corrected chi connectivity index (χ2v) is 3.61. The number of anilines is 2. The second-order valence-electron chi connectivity index (χ2n) is 3.61. The molecule has 2 nitrogen and oxygen atoms in total. The molecule has 0 aromatic heterocycles. The van der Waals surface area contributed by atoms with Crippen LogP contribution >= 0.6 is 0 Å². The number of hydrogen-bond donors (Lipinski definition) is 1. The van der Waals surface area contributed by atoms with Crippen molar-refractivity contribution in [1.29, 1.82) is 0 Å². The summed E-state index contributed by atoms with van der Waals surface area (Å²) in [7, 11) is 1.83. The van der Waals surface area contributed by atoms with Crippen molar-refractivity contribution in [3.05, 3.63) is 24.0 Å². The summed E-state index contributed by atoms with van der Waals surface area (Å²) < 4.78 is 13.0. The zero-order chi connectivity index (χ0) is 9.97. The van der Waals surface area contributed by atoms with Crippen molar-refractivity contribution in [2.45, 2.75) is 12.8 Å². The average molecular weight is 194 g/mol. The molecular weight excluding hydrogens is 179 g/mol. The topological polar surface area (TPSA) is 15.3 Å². The lowest BCUT2D eigenvalue weighted by Crippen LogP contribution is -2.18. The van der Waals surface area contributed by atoms with Crippen molar-refractivity contribution in [3.63, 3.8) is 0 Å². The summed E-state index contributed by atoms with van der Waals surface area (Å²) in [5.41, 5.74) is 2.00. The molecule has 1 N–H and O–H groups in total. The molecule has 1 fully saturated rings. The van der Waals surface area contributed by atoms with Crippen molar-refractivity contribution in [3.8, 4) is 0 Å². The number of rotatable bonds is 2. The Balaban J connectivity index is 2.31. The summed E-state index contributed by atoms with van der Waals surface area (Å²) in [6.45, 7) is 2.17. The molecule has 0 aliphatic carbocycles. The maximum Gasteiger partial charge on any atom is 0.125 e. The average Bonchev–Trinajstić information content (AvgIpc) is 2.70. The molecule has 1 aliphatic heterocycles. The fourth-order valence-electron chi connectivity index (χ4n) is 1.94. The smallest absolute Gasteiger partial charge is 0.125 e. The minimum absolute atomic E-state index is 0.183. The first-order chi connectivity index (χ1) is 6.81. The molecule has 0 unspecified atom stereocenters. The molecule has 0 radical (unpaired) electrons. The van der Waals surface area contributed by atoms with Crippen LogP contribution in [0.3, 0.4) is 0 Å². The van der Waals surface area contributed by atoms with Crippen LogP contribution in [0.15, 0.2) is 18.2 Å². The van der Waals surface area contributed by atoms with E-state index >= 15 is 0 Å². The Hall–Kier alpha value is -1.25. The second kappa shape index (κ2) is 3.86. The summed E-state index contributed by atoms with van der Waals surface area (Å²) in [5, 5.41) is 3.03. The van der Waals surface area contributed by atoms with E-state index in [1.165, 1.54) is 18.9 Å². The van der Waals surface area contributed by atoms with Crippen LogP contribution in [-0.2, 0) is 0 Å². The first-order valence-corrected chi connectivity index (χ1v) is 5.03. The Labute approximate surface area is 83.7 Å². The van der Waals surface area contributed by atoms with E-state index in [0.717, 1.165) is 24.5 Å². The zero-order valence-corrected chi connectivity index (χ0v) is 8.39. The number of halogens is 1. The number of nitrogens with one attached hydrogen (secondary N) is 1. The van der Waals surface area contributed by atoms with Gasteiger partial charge >= 0.3 is 0 Å². The standard InChI is InChI=1S/C11H15FN2/c1-13-10-8-9(12)4-5-11(10)14-6-2-3-7-14/h4-5,8,13H,2-3,6-7H2,1H3. The number of nitrogens with zero attached hydrogens (tertiary/aromatic N) is 1. The van der Waals surface area contributed by atoms with E-state index in [1.807, 2.05) is 13.1 Å². The normalized spacial score (nSPS) is 16.0. The zero-order valence-electron chi connectivity index (χ0n) is 8.39. The molecule has 1 saturated heterocycles. The summed E-state index contributed by atoms with van der Waals surface area (Å²) in [6, 6.07) is 4.93. The fraction of sp³-hybridized carbons (Fsp3) is 0.455. The van der Waals surface area contributed by atoms with E-state index in [4.69, 9.17) is 0 Å². The van der Waals surface area contributed by atoms with Crippen LogP contribution in [0, 0.1) is 5.82 Å². The van der Waals surface area contributed by atoms with Gasteiger partial charge in [0.25, 0.3) is 0 Å². The van der Waals surface area contributed by atoms with Gasteiger partial charge in [0.05, 0.1) is 11.4 Å². The monoisotopic (exact) mass is 194 g/mol. The van der Waals surface area contributed by atoms with Gasteiger partial charge in [-0.05, 0) is 31.0 Å². The quantitative estimate of drug-likeness (QED) is 0.778. The molecule has 1 heterocycles.